The van der Waals surface area contributed by atoms with Crippen molar-refractivity contribution in [2.24, 2.45) is 0 Å². The minimum absolute atomic E-state index is 0.603. The van der Waals surface area contributed by atoms with Crippen LogP contribution in [0.5, 0.6) is 11.5 Å². The van der Waals surface area contributed by atoms with Crippen LogP contribution in [0.3, 0.4) is 0 Å². The lowest BCUT2D eigenvalue weighted by atomic mass is 10.2. The lowest BCUT2D eigenvalue weighted by molar-refractivity contribution is 0.296. The van der Waals surface area contributed by atoms with Crippen LogP contribution in [0.2, 0.25) is 5.02 Å². The molecule has 0 spiro atoms. The van der Waals surface area contributed by atoms with E-state index in [1.165, 1.54) is 0 Å². The molecule has 0 aromatic heterocycles. The van der Waals surface area contributed by atoms with Gasteiger partial charge in [-0.25, -0.2) is 0 Å². The number of hydrogen-bond donors (Lipinski definition) is 1. The molecule has 2 N–H and O–H groups in total. The molecule has 0 heterocycles. The van der Waals surface area contributed by atoms with E-state index in [0.29, 0.717) is 24.7 Å². The Morgan fingerprint density at radius 1 is 0.920 bits per heavy atom. The summed E-state index contributed by atoms with van der Waals surface area (Å²) in [6.45, 7) is 5.60. The summed E-state index contributed by atoms with van der Waals surface area (Å²) in [5.74, 6) is 1.48. The summed E-state index contributed by atoms with van der Waals surface area (Å²) in [4.78, 5) is 1.94. The molecule has 2 rings (SSSR count). The fraction of sp³-hybridized carbons (Fsp3) is 0.400. The number of rotatable bonds is 10. The van der Waals surface area contributed by atoms with E-state index in [-0.39, 0.29) is 0 Å². The molecule has 136 valence electrons. The quantitative estimate of drug-likeness (QED) is 0.381. The molecule has 0 aliphatic heterocycles. The molecule has 2 aromatic carbocycles. The lowest BCUT2D eigenvalue weighted by Gasteiger charge is -2.16. The van der Waals surface area contributed by atoms with Gasteiger partial charge >= 0.3 is 0 Å². The molecule has 0 amide bonds. The van der Waals surface area contributed by atoms with Crippen molar-refractivity contribution >= 4 is 29.1 Å². The number of ether oxygens (including phenoxy) is 2. The number of unbranched alkanes of at least 4 members (excludes halogenated alkanes) is 2. The molecule has 0 atom stereocenters. The van der Waals surface area contributed by atoms with Gasteiger partial charge in [-0.2, -0.15) is 0 Å². The zero-order valence-electron chi connectivity index (χ0n) is 14.9. The van der Waals surface area contributed by atoms with E-state index in [9.17, 15) is 0 Å². The van der Waals surface area contributed by atoms with Crippen molar-refractivity contribution in [3.05, 3.63) is 41.4 Å². The predicted molar refractivity (Wildman–Crippen MR) is 107 cm³/mol. The molecule has 0 radical (unpaired) electrons. The molecule has 5 heteroatoms. The van der Waals surface area contributed by atoms with Gasteiger partial charge in [0, 0.05) is 11.0 Å². The Hall–Kier alpha value is -1.52. The lowest BCUT2D eigenvalue weighted by Crippen LogP contribution is -2.03. The Morgan fingerprint density at radius 2 is 1.56 bits per heavy atom. The maximum absolute atomic E-state index is 6.31. The van der Waals surface area contributed by atoms with E-state index < -0.39 is 0 Å². The van der Waals surface area contributed by atoms with Gasteiger partial charge in [0.15, 0.2) is 0 Å². The van der Waals surface area contributed by atoms with Crippen molar-refractivity contribution in [2.45, 2.75) is 49.3 Å². The Balaban J connectivity index is 2.27. The number of nitrogens with two attached hydrogens (primary N) is 1. The molecule has 0 saturated carbocycles. The van der Waals surface area contributed by atoms with E-state index >= 15 is 0 Å². The van der Waals surface area contributed by atoms with Gasteiger partial charge in [-0.3, -0.25) is 0 Å². The van der Waals surface area contributed by atoms with Gasteiger partial charge in [-0.1, -0.05) is 62.2 Å². The van der Waals surface area contributed by atoms with E-state index in [0.717, 1.165) is 46.2 Å². The van der Waals surface area contributed by atoms with E-state index in [1.807, 2.05) is 36.4 Å². The summed E-state index contributed by atoms with van der Waals surface area (Å²) < 4.78 is 11.8. The van der Waals surface area contributed by atoms with Gasteiger partial charge in [0.05, 0.1) is 28.8 Å². The topological polar surface area (TPSA) is 44.5 Å². The van der Waals surface area contributed by atoms with Gasteiger partial charge < -0.3 is 15.2 Å². The SMILES string of the molecule is CCCCOc1cc(Sc2ccccc2Cl)c(OCCCC)cc1N. The number of halogens is 1. The fourth-order valence-corrected chi connectivity index (χ4v) is 3.36. The van der Waals surface area contributed by atoms with Crippen LogP contribution < -0.4 is 15.2 Å². The van der Waals surface area contributed by atoms with Crippen LogP contribution in [0.4, 0.5) is 5.69 Å². The van der Waals surface area contributed by atoms with Gasteiger partial charge in [-0.15, -0.1) is 0 Å². The second kappa shape index (κ2) is 10.5. The number of benzene rings is 2. The zero-order chi connectivity index (χ0) is 18.1. The number of anilines is 1. The molecular formula is C20H26ClNO2S. The average Bonchev–Trinajstić information content (AvgIpc) is 2.60. The van der Waals surface area contributed by atoms with Gasteiger partial charge in [0.1, 0.15) is 11.5 Å². The first kappa shape index (κ1) is 19.8. The molecular weight excluding hydrogens is 354 g/mol. The van der Waals surface area contributed by atoms with Crippen LogP contribution in [0.1, 0.15) is 39.5 Å². The van der Waals surface area contributed by atoms with E-state index in [2.05, 4.69) is 13.8 Å². The van der Waals surface area contributed by atoms with Crippen molar-refractivity contribution in [1.29, 1.82) is 0 Å². The first-order valence-corrected chi connectivity index (χ1v) is 9.96. The highest BCUT2D eigenvalue weighted by Crippen LogP contribution is 2.42. The normalized spacial score (nSPS) is 10.7. The number of hydrogen-bond acceptors (Lipinski definition) is 4. The van der Waals surface area contributed by atoms with Gasteiger partial charge in [-0.05, 0) is 31.0 Å². The Kier molecular flexibility index (Phi) is 8.29. The van der Waals surface area contributed by atoms with Crippen molar-refractivity contribution in [2.75, 3.05) is 18.9 Å². The largest absolute Gasteiger partial charge is 0.492 e. The molecule has 0 aliphatic carbocycles. The van der Waals surface area contributed by atoms with Gasteiger partial charge in [0.2, 0.25) is 0 Å². The third-order valence-electron chi connectivity index (χ3n) is 3.64. The summed E-state index contributed by atoms with van der Waals surface area (Å²) in [6, 6.07) is 11.6. The average molecular weight is 380 g/mol. The molecule has 2 aromatic rings. The van der Waals surface area contributed by atoms with Crippen LogP contribution >= 0.6 is 23.4 Å². The molecule has 0 aliphatic rings. The Morgan fingerprint density at radius 3 is 2.20 bits per heavy atom. The fourth-order valence-electron chi connectivity index (χ4n) is 2.17. The highest BCUT2D eigenvalue weighted by molar-refractivity contribution is 7.99. The maximum atomic E-state index is 6.31. The predicted octanol–water partition coefficient (Wildman–Crippen LogP) is 6.43. The Bertz CT molecular complexity index is 679. The summed E-state index contributed by atoms with van der Waals surface area (Å²) in [6.07, 6.45) is 4.17. The summed E-state index contributed by atoms with van der Waals surface area (Å²) >= 11 is 7.88. The third kappa shape index (κ3) is 6.05. The smallest absolute Gasteiger partial charge is 0.143 e. The van der Waals surface area contributed by atoms with E-state index in [4.69, 9.17) is 26.8 Å². The minimum atomic E-state index is 0.603. The number of nitrogen functional groups attached to an aromatic ring is 1. The first-order valence-electron chi connectivity index (χ1n) is 8.77. The monoisotopic (exact) mass is 379 g/mol. The molecule has 3 nitrogen and oxygen atoms in total. The van der Waals surface area contributed by atoms with Crippen LogP contribution in [0.15, 0.2) is 46.2 Å². The minimum Gasteiger partial charge on any atom is -0.492 e. The molecule has 0 unspecified atom stereocenters. The molecule has 0 bridgehead atoms. The molecule has 0 saturated heterocycles. The third-order valence-corrected chi connectivity index (χ3v) is 5.20. The van der Waals surface area contributed by atoms with Crippen LogP contribution in [-0.4, -0.2) is 13.2 Å². The summed E-state index contributed by atoms with van der Waals surface area (Å²) in [7, 11) is 0. The summed E-state index contributed by atoms with van der Waals surface area (Å²) in [5, 5.41) is 0.720. The maximum Gasteiger partial charge on any atom is 0.143 e. The highest BCUT2D eigenvalue weighted by Gasteiger charge is 2.13. The van der Waals surface area contributed by atoms with Crippen molar-refractivity contribution in [3.8, 4) is 11.5 Å². The van der Waals surface area contributed by atoms with Crippen LogP contribution in [0, 0.1) is 0 Å². The zero-order valence-corrected chi connectivity index (χ0v) is 16.5. The van der Waals surface area contributed by atoms with Crippen LogP contribution in [0.25, 0.3) is 0 Å². The van der Waals surface area contributed by atoms with Crippen molar-refractivity contribution in [1.82, 2.24) is 0 Å². The molecule has 0 fully saturated rings. The van der Waals surface area contributed by atoms with Crippen molar-refractivity contribution in [3.63, 3.8) is 0 Å². The standard InChI is InChI=1S/C20H26ClNO2S/c1-3-5-11-23-17-14-20(25-19-10-8-7-9-15(19)21)18(13-16(17)22)24-12-6-4-2/h7-10,13-14H,3-6,11-12,22H2,1-2H3. The second-order valence-corrected chi connectivity index (χ2v) is 7.26. The first-order chi connectivity index (χ1) is 12.2. The van der Waals surface area contributed by atoms with E-state index in [1.54, 1.807) is 11.8 Å². The van der Waals surface area contributed by atoms with Crippen LogP contribution in [-0.2, 0) is 0 Å². The van der Waals surface area contributed by atoms with Crippen molar-refractivity contribution < 1.29 is 9.47 Å². The highest BCUT2D eigenvalue weighted by atomic mass is 35.5. The summed E-state index contributed by atoms with van der Waals surface area (Å²) in [5.41, 5.74) is 6.76. The van der Waals surface area contributed by atoms with Gasteiger partial charge in [0.25, 0.3) is 0 Å². The Labute approximate surface area is 159 Å². The molecule has 25 heavy (non-hydrogen) atoms. The second-order valence-electron chi connectivity index (χ2n) is 5.77.